The summed E-state index contributed by atoms with van der Waals surface area (Å²) in [6.07, 6.45) is 1.55. The van der Waals surface area contributed by atoms with E-state index in [-0.39, 0.29) is 11.7 Å². The molecular weight excluding hydrogens is 228 g/mol. The zero-order valence-electron chi connectivity index (χ0n) is 11.3. The molecule has 1 aromatic rings. The molecule has 4 nitrogen and oxygen atoms in total. The minimum absolute atomic E-state index is 0.0898. The van der Waals surface area contributed by atoms with Crippen molar-refractivity contribution in [2.75, 3.05) is 11.4 Å². The highest BCUT2D eigenvalue weighted by molar-refractivity contribution is 5.97. The third-order valence-corrected chi connectivity index (χ3v) is 2.98. The number of nitrogens with two attached hydrogens (primary N) is 1. The number of anilines is 1. The Balaban J connectivity index is 3.02. The normalized spacial score (nSPS) is 12.2. The molecule has 4 heteroatoms. The predicted octanol–water partition coefficient (Wildman–Crippen LogP) is 2.18. The highest BCUT2D eigenvalue weighted by Crippen LogP contribution is 2.25. The van der Waals surface area contributed by atoms with E-state index in [0.29, 0.717) is 13.0 Å². The lowest BCUT2D eigenvalue weighted by Crippen LogP contribution is -2.44. The fourth-order valence-corrected chi connectivity index (χ4v) is 1.97. The molecule has 0 bridgehead atoms. The fraction of sp³-hybridized carbons (Fsp3) is 0.500. The lowest BCUT2D eigenvalue weighted by Gasteiger charge is -2.26. The van der Waals surface area contributed by atoms with Gasteiger partial charge in [0.05, 0.1) is 11.7 Å². The second kappa shape index (κ2) is 6.40. The molecule has 1 aromatic carbocycles. The number of phenolic OH excluding ortho intramolecular Hbond substituents is 1. The van der Waals surface area contributed by atoms with E-state index >= 15 is 0 Å². The van der Waals surface area contributed by atoms with Gasteiger partial charge in [0.2, 0.25) is 5.91 Å². The molecule has 0 spiro atoms. The number of carbonyl (C=O) groups excluding carboxylic acids is 1. The summed E-state index contributed by atoms with van der Waals surface area (Å²) in [7, 11) is 0. The van der Waals surface area contributed by atoms with E-state index in [9.17, 15) is 9.90 Å². The number of carbonyl (C=O) groups is 1. The van der Waals surface area contributed by atoms with Crippen molar-refractivity contribution in [3.63, 3.8) is 0 Å². The van der Waals surface area contributed by atoms with Crippen molar-refractivity contribution in [3.8, 4) is 5.75 Å². The van der Waals surface area contributed by atoms with Crippen molar-refractivity contribution < 1.29 is 9.90 Å². The zero-order valence-corrected chi connectivity index (χ0v) is 11.3. The summed E-state index contributed by atoms with van der Waals surface area (Å²) in [6, 6.07) is 4.54. The van der Waals surface area contributed by atoms with Gasteiger partial charge in [0.15, 0.2) is 0 Å². The first-order valence-electron chi connectivity index (χ1n) is 6.37. The number of aromatic hydroxyl groups is 1. The molecule has 0 fully saturated rings. The quantitative estimate of drug-likeness (QED) is 0.841. The molecule has 0 aromatic heterocycles. The molecule has 0 aliphatic heterocycles. The summed E-state index contributed by atoms with van der Waals surface area (Å²) < 4.78 is 0. The van der Waals surface area contributed by atoms with E-state index in [1.165, 1.54) is 0 Å². The minimum Gasteiger partial charge on any atom is -0.508 e. The molecule has 3 N–H and O–H groups in total. The van der Waals surface area contributed by atoms with E-state index < -0.39 is 6.04 Å². The van der Waals surface area contributed by atoms with Gasteiger partial charge in [-0.05, 0) is 31.9 Å². The monoisotopic (exact) mass is 250 g/mol. The Morgan fingerprint density at radius 2 is 2.11 bits per heavy atom. The van der Waals surface area contributed by atoms with Crippen molar-refractivity contribution in [2.24, 2.45) is 5.73 Å². The van der Waals surface area contributed by atoms with Crippen LogP contribution in [0, 0.1) is 6.92 Å². The number of amides is 1. The van der Waals surface area contributed by atoms with Gasteiger partial charge in [-0.15, -0.1) is 0 Å². The van der Waals surface area contributed by atoms with E-state index in [4.69, 9.17) is 5.73 Å². The maximum absolute atomic E-state index is 12.2. The van der Waals surface area contributed by atoms with Gasteiger partial charge < -0.3 is 15.7 Å². The van der Waals surface area contributed by atoms with Crippen LogP contribution in [-0.4, -0.2) is 23.6 Å². The van der Waals surface area contributed by atoms with Crippen LogP contribution in [0.3, 0.4) is 0 Å². The predicted molar refractivity (Wildman–Crippen MR) is 73.8 cm³/mol. The van der Waals surface area contributed by atoms with Crippen molar-refractivity contribution in [1.82, 2.24) is 0 Å². The number of hydrogen-bond acceptors (Lipinski definition) is 3. The van der Waals surface area contributed by atoms with Gasteiger partial charge in [0.1, 0.15) is 5.75 Å². The Labute approximate surface area is 108 Å². The number of likely N-dealkylation sites (N-methyl/N-ethyl adjacent to an activating group) is 1. The van der Waals surface area contributed by atoms with Crippen LogP contribution in [-0.2, 0) is 4.79 Å². The van der Waals surface area contributed by atoms with E-state index in [1.54, 1.807) is 23.1 Å². The lowest BCUT2D eigenvalue weighted by atomic mass is 10.1. The Hall–Kier alpha value is -1.55. The highest BCUT2D eigenvalue weighted by atomic mass is 16.3. The van der Waals surface area contributed by atoms with Gasteiger partial charge >= 0.3 is 0 Å². The summed E-state index contributed by atoms with van der Waals surface area (Å²) in [4.78, 5) is 13.9. The first kappa shape index (κ1) is 14.5. The molecule has 0 saturated heterocycles. The molecule has 1 atom stereocenters. The molecule has 1 unspecified atom stereocenters. The third kappa shape index (κ3) is 3.23. The maximum Gasteiger partial charge on any atom is 0.243 e. The summed E-state index contributed by atoms with van der Waals surface area (Å²) in [5.41, 5.74) is 7.56. The Kier molecular flexibility index (Phi) is 5.16. The number of benzene rings is 1. The minimum atomic E-state index is -0.475. The van der Waals surface area contributed by atoms with Crippen LogP contribution in [0.5, 0.6) is 5.75 Å². The topological polar surface area (TPSA) is 66.6 Å². The standard InChI is InChI=1S/C14H22N2O2/c1-4-6-12(15)14(18)16(5-2)13-9-11(17)8-7-10(13)3/h7-9,12,17H,4-6,15H2,1-3H3. The first-order valence-corrected chi connectivity index (χ1v) is 6.37. The van der Waals surface area contributed by atoms with Crippen LogP contribution in [0.4, 0.5) is 5.69 Å². The van der Waals surface area contributed by atoms with Gasteiger partial charge in [-0.3, -0.25) is 4.79 Å². The van der Waals surface area contributed by atoms with Gasteiger partial charge in [0.25, 0.3) is 0 Å². The van der Waals surface area contributed by atoms with E-state index in [0.717, 1.165) is 17.7 Å². The fourth-order valence-electron chi connectivity index (χ4n) is 1.97. The van der Waals surface area contributed by atoms with Gasteiger partial charge in [-0.25, -0.2) is 0 Å². The van der Waals surface area contributed by atoms with Crippen molar-refractivity contribution >= 4 is 11.6 Å². The number of rotatable bonds is 5. The van der Waals surface area contributed by atoms with Gasteiger partial charge in [-0.1, -0.05) is 19.4 Å². The molecule has 0 radical (unpaired) electrons. The second-order valence-corrected chi connectivity index (χ2v) is 4.45. The Morgan fingerprint density at radius 1 is 1.44 bits per heavy atom. The average Bonchev–Trinajstić information content (AvgIpc) is 2.34. The number of hydrogen-bond donors (Lipinski definition) is 2. The van der Waals surface area contributed by atoms with Gasteiger partial charge in [-0.2, -0.15) is 0 Å². The summed E-state index contributed by atoms with van der Waals surface area (Å²) in [6.45, 7) is 6.36. The number of nitrogens with zero attached hydrogens (tertiary/aromatic N) is 1. The Morgan fingerprint density at radius 3 is 2.67 bits per heavy atom. The van der Waals surface area contributed by atoms with E-state index in [1.807, 2.05) is 20.8 Å². The zero-order chi connectivity index (χ0) is 13.7. The summed E-state index contributed by atoms with van der Waals surface area (Å²) >= 11 is 0. The van der Waals surface area contributed by atoms with Crippen LogP contribution in [0.15, 0.2) is 18.2 Å². The maximum atomic E-state index is 12.2. The number of phenols is 1. The molecular formula is C14H22N2O2. The molecule has 100 valence electrons. The van der Waals surface area contributed by atoms with Gasteiger partial charge in [0, 0.05) is 12.6 Å². The SMILES string of the molecule is CCCC(N)C(=O)N(CC)c1cc(O)ccc1C. The molecule has 0 saturated carbocycles. The van der Waals surface area contributed by atoms with Crippen molar-refractivity contribution in [2.45, 2.75) is 39.7 Å². The van der Waals surface area contributed by atoms with Crippen molar-refractivity contribution in [3.05, 3.63) is 23.8 Å². The van der Waals surface area contributed by atoms with Crippen LogP contribution >= 0.6 is 0 Å². The average molecular weight is 250 g/mol. The Bertz CT molecular complexity index is 418. The first-order chi connectivity index (χ1) is 8.51. The summed E-state index contributed by atoms with van der Waals surface area (Å²) in [5.74, 6) is 0.0685. The van der Waals surface area contributed by atoms with Crippen LogP contribution in [0.2, 0.25) is 0 Å². The second-order valence-electron chi connectivity index (χ2n) is 4.45. The van der Waals surface area contributed by atoms with Crippen LogP contribution < -0.4 is 10.6 Å². The number of aryl methyl sites for hydroxylation is 1. The smallest absolute Gasteiger partial charge is 0.243 e. The summed E-state index contributed by atoms with van der Waals surface area (Å²) in [5, 5.41) is 9.54. The molecule has 0 aliphatic rings. The molecule has 18 heavy (non-hydrogen) atoms. The van der Waals surface area contributed by atoms with Crippen LogP contribution in [0.1, 0.15) is 32.3 Å². The molecule has 1 amide bonds. The largest absolute Gasteiger partial charge is 0.508 e. The lowest BCUT2D eigenvalue weighted by molar-refractivity contribution is -0.119. The molecule has 0 heterocycles. The van der Waals surface area contributed by atoms with Crippen molar-refractivity contribution in [1.29, 1.82) is 0 Å². The molecule has 1 rings (SSSR count). The van der Waals surface area contributed by atoms with E-state index in [2.05, 4.69) is 0 Å². The third-order valence-electron chi connectivity index (χ3n) is 2.98. The molecule has 0 aliphatic carbocycles. The highest BCUT2D eigenvalue weighted by Gasteiger charge is 2.21. The van der Waals surface area contributed by atoms with Crippen LogP contribution in [0.25, 0.3) is 0 Å².